The summed E-state index contributed by atoms with van der Waals surface area (Å²) < 4.78 is 409. The molecule has 8 rings (SSSR count). The lowest BCUT2D eigenvalue weighted by molar-refractivity contribution is -0.556. The molecule has 0 saturated heterocycles. The van der Waals surface area contributed by atoms with E-state index in [2.05, 4.69) is 14.2 Å². The number of ketones is 2. The summed E-state index contributed by atoms with van der Waals surface area (Å²) in [7, 11) is 0. The molecule has 0 amide bonds. The van der Waals surface area contributed by atoms with Crippen molar-refractivity contribution in [3.05, 3.63) is 0 Å². The highest BCUT2D eigenvalue weighted by Crippen LogP contribution is 2.87. The van der Waals surface area contributed by atoms with Crippen molar-refractivity contribution in [3.63, 3.8) is 0 Å². The standard InChI is InChI=1S/C31H22F26O9/c32-14-12(60)16(34)26(48,49)18(36,22(14,40)41)28(52,53)20(38,24(14,44)45)30(16,56)65-8-10(58)1-2-62-3-4-63-5-6-64-7-11(59)9-66-31(57)17(35)13(61)15(33)23(42,43)19(37,27(17,50)51)29(54,55)21(31,39)25(15,46)47/h10-11,58-59H,1-9H2. The molecule has 8 aliphatic rings. The minimum atomic E-state index is -7.82. The Hall–Kier alpha value is -2.76. The van der Waals surface area contributed by atoms with Gasteiger partial charge in [0.2, 0.25) is 11.6 Å². The molecule has 2 N–H and O–H groups in total. The molecule has 35 heteroatoms. The number of halogens is 26. The predicted molar refractivity (Wildman–Crippen MR) is 149 cm³/mol. The minimum Gasteiger partial charge on any atom is -0.391 e. The summed E-state index contributed by atoms with van der Waals surface area (Å²) in [6.45, 7) is -10.0. The molecule has 8 fully saturated rings. The van der Waals surface area contributed by atoms with Gasteiger partial charge in [-0.2, -0.15) is 70.2 Å². The summed E-state index contributed by atoms with van der Waals surface area (Å²) in [6, 6.07) is 0. The van der Waals surface area contributed by atoms with Crippen LogP contribution in [0.4, 0.5) is 114 Å². The number of alkyl halides is 26. The zero-order valence-corrected chi connectivity index (χ0v) is 31.1. The van der Waals surface area contributed by atoms with Gasteiger partial charge in [0.1, 0.15) is 6.10 Å². The lowest BCUT2D eigenvalue weighted by atomic mass is 9.41. The van der Waals surface area contributed by atoms with Crippen molar-refractivity contribution in [2.75, 3.05) is 52.9 Å². The topological polar surface area (TPSA) is 121 Å². The molecule has 66 heavy (non-hydrogen) atoms. The average molecular weight is 1030 g/mol. The lowest BCUT2D eigenvalue weighted by Gasteiger charge is -2.71. The lowest BCUT2D eigenvalue weighted by Crippen LogP contribution is -3.07. The van der Waals surface area contributed by atoms with Gasteiger partial charge in [-0.1, -0.05) is 0 Å². The van der Waals surface area contributed by atoms with Crippen LogP contribution < -0.4 is 0 Å². The molecule has 0 aromatic heterocycles. The van der Waals surface area contributed by atoms with E-state index in [9.17, 15) is 108 Å². The summed E-state index contributed by atoms with van der Waals surface area (Å²) in [5.74, 6) is -84.4. The number of ether oxygens (including phenoxy) is 5. The first kappa shape index (κ1) is 52.6. The highest BCUT2D eigenvalue weighted by atomic mass is 19.4. The number of aliphatic hydroxyl groups excluding tert-OH is 2. The maximum atomic E-state index is 15.8. The van der Waals surface area contributed by atoms with Crippen LogP contribution in [0, 0.1) is 0 Å². The van der Waals surface area contributed by atoms with Gasteiger partial charge in [0.05, 0.1) is 52.4 Å². The van der Waals surface area contributed by atoms with Crippen LogP contribution in [0.2, 0.25) is 0 Å². The third-order valence-electron chi connectivity index (χ3n) is 12.5. The van der Waals surface area contributed by atoms with Gasteiger partial charge in [-0.05, 0) is 6.42 Å². The fraction of sp³-hybridized carbons (Fsp3) is 0.935. The number of carbonyl (C=O) groups is 2. The highest BCUT2D eigenvalue weighted by Gasteiger charge is 3.21. The van der Waals surface area contributed by atoms with Crippen LogP contribution in [-0.2, 0) is 33.3 Å². The molecule has 0 spiro atoms. The second-order valence-corrected chi connectivity index (χ2v) is 15.7. The van der Waals surface area contributed by atoms with Gasteiger partial charge in [0, 0.05) is 6.61 Å². The molecule has 8 saturated carbocycles. The molecule has 382 valence electrons. The number of aliphatic hydroxyl groups is 2. The van der Waals surface area contributed by atoms with Gasteiger partial charge in [-0.15, -0.1) is 0 Å². The van der Waals surface area contributed by atoms with Crippen molar-refractivity contribution >= 4 is 11.6 Å². The molecule has 8 aliphatic carbocycles. The second-order valence-electron chi connectivity index (χ2n) is 15.7. The zero-order chi connectivity index (χ0) is 51.2. The van der Waals surface area contributed by atoms with E-state index < -0.39 is 187 Å². The summed E-state index contributed by atoms with van der Waals surface area (Å²) in [4.78, 5) is 24.2. The summed E-state index contributed by atoms with van der Waals surface area (Å²) >= 11 is 0. The zero-order valence-electron chi connectivity index (χ0n) is 31.1. The van der Waals surface area contributed by atoms with Crippen LogP contribution in [0.3, 0.4) is 0 Å². The van der Waals surface area contributed by atoms with Crippen LogP contribution in [0.25, 0.3) is 0 Å². The Morgan fingerprint density at radius 3 is 0.955 bits per heavy atom. The first-order valence-corrected chi connectivity index (χ1v) is 17.7. The highest BCUT2D eigenvalue weighted by molar-refractivity contribution is 6.05. The van der Waals surface area contributed by atoms with Crippen molar-refractivity contribution in [2.45, 2.75) is 123 Å². The molecular formula is C31H22F26O9. The van der Waals surface area contributed by atoms with Crippen molar-refractivity contribution in [1.82, 2.24) is 0 Å². The number of hydrogen-bond donors (Lipinski definition) is 2. The molecule has 0 heterocycles. The first-order chi connectivity index (χ1) is 29.3. The van der Waals surface area contributed by atoms with Crippen molar-refractivity contribution in [2.24, 2.45) is 0 Å². The van der Waals surface area contributed by atoms with E-state index in [1.165, 1.54) is 0 Å². The molecule has 0 radical (unpaired) electrons. The largest absolute Gasteiger partial charge is 0.391 e. The summed E-state index contributed by atoms with van der Waals surface area (Å²) in [5.41, 5.74) is -58.9. The Morgan fingerprint density at radius 2 is 0.606 bits per heavy atom. The fourth-order valence-corrected chi connectivity index (χ4v) is 9.01. The smallest absolute Gasteiger partial charge is 0.340 e. The van der Waals surface area contributed by atoms with E-state index in [1.807, 2.05) is 0 Å². The van der Waals surface area contributed by atoms with Crippen LogP contribution in [0.1, 0.15) is 6.42 Å². The van der Waals surface area contributed by atoms with Gasteiger partial charge < -0.3 is 33.9 Å². The number of carbonyl (C=O) groups excluding carboxylic acids is 2. The fourth-order valence-electron chi connectivity index (χ4n) is 9.01. The maximum Gasteiger partial charge on any atom is 0.340 e. The number of hydrogen-bond acceptors (Lipinski definition) is 9. The van der Waals surface area contributed by atoms with Gasteiger partial charge in [-0.3, -0.25) is 9.59 Å². The van der Waals surface area contributed by atoms with E-state index >= 15 is 26.3 Å². The Kier molecular flexibility index (Phi) is 10.8. The second kappa shape index (κ2) is 13.6. The van der Waals surface area contributed by atoms with E-state index in [1.54, 1.807) is 0 Å². The van der Waals surface area contributed by atoms with Crippen LogP contribution in [-0.4, -0.2) is 191 Å². The summed E-state index contributed by atoms with van der Waals surface area (Å²) in [6.07, 6.45) is -6.52. The minimum absolute atomic E-state index is 0.636. The van der Waals surface area contributed by atoms with E-state index in [4.69, 9.17) is 9.47 Å². The molecule has 0 aromatic rings. The van der Waals surface area contributed by atoms with E-state index in [0.717, 1.165) is 0 Å². The van der Waals surface area contributed by atoms with Crippen LogP contribution in [0.15, 0.2) is 0 Å². The summed E-state index contributed by atoms with van der Waals surface area (Å²) in [5, 5.41) is 19.7. The normalized spacial score (nSPS) is 47.3. The Bertz CT molecular complexity index is 1910. The molecule has 0 aliphatic heterocycles. The van der Waals surface area contributed by atoms with Crippen molar-refractivity contribution < 1.29 is 158 Å². The predicted octanol–water partition coefficient (Wildman–Crippen LogP) is 5.48. The third-order valence-corrected chi connectivity index (χ3v) is 12.5. The molecule has 12 unspecified atom stereocenters. The van der Waals surface area contributed by atoms with Crippen LogP contribution in [0.5, 0.6) is 0 Å². The molecular weight excluding hydrogens is 1010 g/mol. The Balaban J connectivity index is 0.971. The number of rotatable bonds is 17. The molecule has 12 atom stereocenters. The van der Waals surface area contributed by atoms with Crippen LogP contribution >= 0.6 is 0 Å². The third kappa shape index (κ3) is 4.34. The molecule has 0 aromatic carbocycles. The SMILES string of the molecule is O=C1C2(F)C(F)(F)C3(F)C(F)(F)C1(F)C(F)(OCC(O)CCOCCOCCOCC(O)COC1(F)C4(F)C(=O)C5(F)C(F)(F)C(F)(C4(F)F)C(F)(F)C1(F)C5(F)F)C(F)(C2(F)F)C3(F)F. The maximum absolute atomic E-state index is 15.8. The Morgan fingerprint density at radius 1 is 0.333 bits per heavy atom. The first-order valence-electron chi connectivity index (χ1n) is 17.7. The molecule has 9 nitrogen and oxygen atoms in total. The Labute approximate surface area is 345 Å². The monoisotopic (exact) mass is 1030 g/mol. The average Bonchev–Trinajstić information content (AvgIpc) is 3.21. The quantitative estimate of drug-likeness (QED) is 0.144. The molecule has 8 bridgehead atoms. The van der Waals surface area contributed by atoms with E-state index in [-0.39, 0.29) is 0 Å². The van der Waals surface area contributed by atoms with Gasteiger partial charge in [0.15, 0.2) is 0 Å². The van der Waals surface area contributed by atoms with Crippen molar-refractivity contribution in [1.29, 1.82) is 0 Å². The van der Waals surface area contributed by atoms with Gasteiger partial charge in [-0.25, -0.2) is 43.9 Å². The van der Waals surface area contributed by atoms with Gasteiger partial charge in [0.25, 0.3) is 11.3 Å². The van der Waals surface area contributed by atoms with Crippen molar-refractivity contribution in [3.8, 4) is 0 Å². The van der Waals surface area contributed by atoms with Gasteiger partial charge >= 0.3 is 93.1 Å². The number of Topliss-reactive ketones (excluding diaryl/α,β-unsaturated/α-hetero) is 2. The van der Waals surface area contributed by atoms with E-state index in [0.29, 0.717) is 0 Å².